The Bertz CT molecular complexity index is 981. The number of rotatable bonds is 6. The molecule has 0 fully saturated rings. The number of nitrogens with zero attached hydrogens (tertiary/aromatic N) is 4. The van der Waals surface area contributed by atoms with Crippen molar-refractivity contribution in [3.63, 3.8) is 0 Å². The van der Waals surface area contributed by atoms with Crippen LogP contribution in [0.2, 0.25) is 0 Å². The van der Waals surface area contributed by atoms with Crippen LogP contribution in [-0.2, 0) is 13.0 Å². The molecule has 2 heterocycles. The summed E-state index contributed by atoms with van der Waals surface area (Å²) in [6.07, 6.45) is 2.13. The van der Waals surface area contributed by atoms with Gasteiger partial charge in [0.1, 0.15) is 17.2 Å². The molecule has 6 nitrogen and oxygen atoms in total. The normalized spacial score (nSPS) is 10.8. The molecule has 0 saturated carbocycles. The summed E-state index contributed by atoms with van der Waals surface area (Å²) in [6, 6.07) is 14.5. The maximum absolute atomic E-state index is 13.0. The Labute approximate surface area is 153 Å². The van der Waals surface area contributed by atoms with Crippen LogP contribution in [0.15, 0.2) is 54.9 Å². The van der Waals surface area contributed by atoms with Gasteiger partial charge in [0.15, 0.2) is 5.82 Å². The molecule has 0 unspecified atom stereocenters. The zero-order valence-electron chi connectivity index (χ0n) is 13.7. The largest absolute Gasteiger partial charge is 0.356 e. The maximum Gasteiger partial charge on any atom is 0.205 e. The lowest BCUT2D eigenvalue weighted by Gasteiger charge is -2.04. The van der Waals surface area contributed by atoms with Gasteiger partial charge in [0, 0.05) is 18.5 Å². The number of H-pyrrole nitrogens is 1. The number of aromatic amines is 1. The van der Waals surface area contributed by atoms with E-state index in [1.807, 2.05) is 24.3 Å². The minimum Gasteiger partial charge on any atom is -0.356 e. The molecule has 0 aliphatic heterocycles. The summed E-state index contributed by atoms with van der Waals surface area (Å²) in [5.41, 5.74) is 3.10. The zero-order chi connectivity index (χ0) is 17.8. The Morgan fingerprint density at radius 1 is 1.04 bits per heavy atom. The molecule has 0 spiro atoms. The van der Waals surface area contributed by atoms with Gasteiger partial charge in [0.2, 0.25) is 5.13 Å². The van der Waals surface area contributed by atoms with Crippen molar-refractivity contribution >= 4 is 16.5 Å². The third-order valence-corrected chi connectivity index (χ3v) is 4.68. The van der Waals surface area contributed by atoms with Gasteiger partial charge < -0.3 is 5.32 Å². The molecule has 2 aromatic heterocycles. The van der Waals surface area contributed by atoms with Crippen molar-refractivity contribution in [3.05, 3.63) is 76.8 Å². The number of aromatic nitrogens is 5. The highest BCUT2D eigenvalue weighted by atomic mass is 32.1. The van der Waals surface area contributed by atoms with Crippen molar-refractivity contribution in [3.8, 4) is 11.4 Å². The van der Waals surface area contributed by atoms with Crippen LogP contribution >= 0.6 is 11.3 Å². The van der Waals surface area contributed by atoms with Crippen LogP contribution in [0.4, 0.5) is 9.52 Å². The highest BCUT2D eigenvalue weighted by Gasteiger charge is 2.06. The minimum atomic E-state index is -0.235. The minimum absolute atomic E-state index is 0.235. The topological polar surface area (TPSA) is 79.4 Å². The summed E-state index contributed by atoms with van der Waals surface area (Å²) in [7, 11) is 0. The van der Waals surface area contributed by atoms with Crippen LogP contribution in [0, 0.1) is 5.82 Å². The Morgan fingerprint density at radius 3 is 2.73 bits per heavy atom. The van der Waals surface area contributed by atoms with Crippen molar-refractivity contribution in [1.29, 1.82) is 0 Å². The SMILES string of the molecule is Fc1ccc(Cc2nnc(NCc3cccc(-c4ncn[nH]4)c3)s2)cc1. The van der Waals surface area contributed by atoms with Crippen molar-refractivity contribution in [2.45, 2.75) is 13.0 Å². The molecule has 130 valence electrons. The van der Waals surface area contributed by atoms with E-state index in [4.69, 9.17) is 0 Å². The molecule has 2 N–H and O–H groups in total. The fraction of sp³-hybridized carbons (Fsp3) is 0.111. The number of halogens is 1. The fourth-order valence-electron chi connectivity index (χ4n) is 2.52. The first-order chi connectivity index (χ1) is 12.8. The third kappa shape index (κ3) is 3.92. The van der Waals surface area contributed by atoms with Gasteiger partial charge >= 0.3 is 0 Å². The number of hydrogen-bond acceptors (Lipinski definition) is 6. The van der Waals surface area contributed by atoms with E-state index in [1.54, 1.807) is 12.1 Å². The summed E-state index contributed by atoms with van der Waals surface area (Å²) in [5.74, 6) is 0.505. The molecule has 0 aliphatic carbocycles. The summed E-state index contributed by atoms with van der Waals surface area (Å²) >= 11 is 1.50. The predicted molar refractivity (Wildman–Crippen MR) is 98.3 cm³/mol. The average molecular weight is 366 g/mol. The van der Waals surface area contributed by atoms with E-state index in [0.29, 0.717) is 13.0 Å². The van der Waals surface area contributed by atoms with E-state index in [-0.39, 0.29) is 5.82 Å². The van der Waals surface area contributed by atoms with Crippen LogP contribution in [0.25, 0.3) is 11.4 Å². The van der Waals surface area contributed by atoms with Gasteiger partial charge in [-0.2, -0.15) is 5.10 Å². The van der Waals surface area contributed by atoms with Crippen LogP contribution in [0.1, 0.15) is 16.1 Å². The molecule has 2 aromatic carbocycles. The van der Waals surface area contributed by atoms with Gasteiger partial charge in [-0.05, 0) is 29.3 Å². The lowest BCUT2D eigenvalue weighted by atomic mass is 10.1. The molecule has 26 heavy (non-hydrogen) atoms. The fourth-order valence-corrected chi connectivity index (χ4v) is 3.29. The van der Waals surface area contributed by atoms with Gasteiger partial charge in [-0.15, -0.1) is 10.2 Å². The van der Waals surface area contributed by atoms with E-state index >= 15 is 0 Å². The van der Waals surface area contributed by atoms with Crippen LogP contribution < -0.4 is 5.32 Å². The van der Waals surface area contributed by atoms with E-state index in [1.165, 1.54) is 29.8 Å². The summed E-state index contributed by atoms with van der Waals surface area (Å²) in [5, 5.41) is 20.0. The third-order valence-electron chi connectivity index (χ3n) is 3.79. The molecular formula is C18H15FN6S. The molecule has 0 amide bonds. The van der Waals surface area contributed by atoms with E-state index < -0.39 is 0 Å². The van der Waals surface area contributed by atoms with Crippen molar-refractivity contribution in [1.82, 2.24) is 25.4 Å². The zero-order valence-corrected chi connectivity index (χ0v) is 14.5. The van der Waals surface area contributed by atoms with Crippen LogP contribution in [-0.4, -0.2) is 25.4 Å². The number of nitrogens with one attached hydrogen (secondary N) is 2. The standard InChI is InChI=1S/C18H15FN6S/c19-15-6-4-12(5-7-15)9-16-23-25-18(26-16)20-10-13-2-1-3-14(8-13)17-21-11-22-24-17/h1-8,11H,9-10H2,(H,20,25)(H,21,22,24). The number of benzene rings is 2. The average Bonchev–Trinajstić information content (AvgIpc) is 3.34. The lowest BCUT2D eigenvalue weighted by Crippen LogP contribution is -1.99. The smallest absolute Gasteiger partial charge is 0.205 e. The van der Waals surface area contributed by atoms with Gasteiger partial charge in [-0.1, -0.05) is 41.7 Å². The maximum atomic E-state index is 13.0. The van der Waals surface area contributed by atoms with Gasteiger partial charge in [0.05, 0.1) is 0 Å². The lowest BCUT2D eigenvalue weighted by molar-refractivity contribution is 0.627. The number of anilines is 1. The van der Waals surface area contributed by atoms with E-state index in [0.717, 1.165) is 32.7 Å². The van der Waals surface area contributed by atoms with E-state index in [2.05, 4.69) is 30.7 Å². The highest BCUT2D eigenvalue weighted by Crippen LogP contribution is 2.21. The molecule has 0 saturated heterocycles. The molecule has 0 aliphatic rings. The van der Waals surface area contributed by atoms with Crippen molar-refractivity contribution in [2.24, 2.45) is 0 Å². The monoisotopic (exact) mass is 366 g/mol. The summed E-state index contributed by atoms with van der Waals surface area (Å²) in [6.45, 7) is 0.632. The Kier molecular flexibility index (Phi) is 4.65. The first-order valence-electron chi connectivity index (χ1n) is 8.02. The second-order valence-corrected chi connectivity index (χ2v) is 6.75. The van der Waals surface area contributed by atoms with Crippen LogP contribution in [0.3, 0.4) is 0 Å². The number of hydrogen-bond donors (Lipinski definition) is 2. The quantitative estimate of drug-likeness (QED) is 0.544. The van der Waals surface area contributed by atoms with Gasteiger partial charge in [0.25, 0.3) is 0 Å². The molecule has 8 heteroatoms. The van der Waals surface area contributed by atoms with Gasteiger partial charge in [-0.25, -0.2) is 9.37 Å². The second kappa shape index (κ2) is 7.40. The Balaban J connectivity index is 1.39. The van der Waals surface area contributed by atoms with Crippen molar-refractivity contribution < 1.29 is 4.39 Å². The predicted octanol–water partition coefficient (Wildman–Crippen LogP) is 3.67. The van der Waals surface area contributed by atoms with Crippen LogP contribution in [0.5, 0.6) is 0 Å². The highest BCUT2D eigenvalue weighted by molar-refractivity contribution is 7.15. The van der Waals surface area contributed by atoms with Gasteiger partial charge in [-0.3, -0.25) is 5.10 Å². The van der Waals surface area contributed by atoms with E-state index in [9.17, 15) is 4.39 Å². The molecule has 0 atom stereocenters. The second-order valence-electron chi connectivity index (χ2n) is 5.69. The molecule has 4 aromatic rings. The Hall–Kier alpha value is -3.13. The van der Waals surface area contributed by atoms with Crippen molar-refractivity contribution in [2.75, 3.05) is 5.32 Å². The summed E-state index contributed by atoms with van der Waals surface area (Å²) < 4.78 is 13.0. The molecular weight excluding hydrogens is 351 g/mol. The Morgan fingerprint density at radius 2 is 1.92 bits per heavy atom. The summed E-state index contributed by atoms with van der Waals surface area (Å²) in [4.78, 5) is 4.16. The molecule has 0 bridgehead atoms. The molecule has 4 rings (SSSR count). The first kappa shape index (κ1) is 16.3. The molecule has 0 radical (unpaired) electrons. The first-order valence-corrected chi connectivity index (χ1v) is 8.83.